The van der Waals surface area contributed by atoms with Crippen LogP contribution in [0.1, 0.15) is 24.0 Å². The molecule has 144 valence electrons. The van der Waals surface area contributed by atoms with Gasteiger partial charge in [0.25, 0.3) is 0 Å². The van der Waals surface area contributed by atoms with Crippen LogP contribution in [-0.2, 0) is 6.42 Å². The molecule has 5 nitrogen and oxygen atoms in total. The van der Waals surface area contributed by atoms with Gasteiger partial charge in [0.15, 0.2) is 5.96 Å². The highest BCUT2D eigenvalue weighted by atomic mass is 127. The number of hydrogen-bond acceptors (Lipinski definition) is 4. The van der Waals surface area contributed by atoms with Gasteiger partial charge in [-0.1, -0.05) is 0 Å². The molecular formula is C18H26FIN4OS. The molecule has 0 aliphatic heterocycles. The number of aliphatic imine (C=N–C) groups is 1. The molecule has 0 bridgehead atoms. The molecule has 2 rings (SSSR count). The van der Waals surface area contributed by atoms with E-state index >= 15 is 0 Å². The van der Waals surface area contributed by atoms with E-state index in [0.717, 1.165) is 31.0 Å². The Hall–Kier alpha value is -1.42. The predicted molar refractivity (Wildman–Crippen MR) is 116 cm³/mol. The molecule has 2 N–H and O–H groups in total. The second kappa shape index (κ2) is 12.1. The molecular weight excluding hydrogens is 466 g/mol. The largest absolute Gasteiger partial charge is 0.489 e. The lowest BCUT2D eigenvalue weighted by atomic mass is 10.3. The minimum Gasteiger partial charge on any atom is -0.489 e. The van der Waals surface area contributed by atoms with E-state index in [2.05, 4.69) is 26.0 Å². The predicted octanol–water partition coefficient (Wildman–Crippen LogP) is 3.77. The SMILES string of the molecule is CN=C(NCCCc1nc(C)cs1)NCC(C)Oc1ccc(F)cc1.I. The van der Waals surface area contributed by atoms with Gasteiger partial charge in [-0.25, -0.2) is 9.37 Å². The van der Waals surface area contributed by atoms with Crippen LogP contribution in [0.5, 0.6) is 5.75 Å². The number of thiazole rings is 1. The molecule has 0 fully saturated rings. The average Bonchev–Trinajstić information content (AvgIpc) is 3.01. The van der Waals surface area contributed by atoms with Crippen LogP contribution in [0.4, 0.5) is 4.39 Å². The average molecular weight is 492 g/mol. The monoisotopic (exact) mass is 492 g/mol. The van der Waals surface area contributed by atoms with Gasteiger partial charge in [-0.15, -0.1) is 35.3 Å². The van der Waals surface area contributed by atoms with Crippen molar-refractivity contribution in [3.8, 4) is 5.75 Å². The van der Waals surface area contributed by atoms with Gasteiger partial charge in [0.1, 0.15) is 17.7 Å². The van der Waals surface area contributed by atoms with Crippen molar-refractivity contribution < 1.29 is 9.13 Å². The van der Waals surface area contributed by atoms with E-state index in [1.165, 1.54) is 17.1 Å². The van der Waals surface area contributed by atoms with Crippen molar-refractivity contribution in [2.24, 2.45) is 4.99 Å². The van der Waals surface area contributed by atoms with Gasteiger partial charge in [-0.05, 0) is 44.5 Å². The number of nitrogens with zero attached hydrogens (tertiary/aromatic N) is 2. The minimum absolute atomic E-state index is 0. The molecule has 0 amide bonds. The number of aryl methyl sites for hydroxylation is 2. The van der Waals surface area contributed by atoms with Crippen LogP contribution in [0.25, 0.3) is 0 Å². The van der Waals surface area contributed by atoms with Gasteiger partial charge in [-0.2, -0.15) is 0 Å². The van der Waals surface area contributed by atoms with Crippen molar-refractivity contribution in [3.05, 3.63) is 46.2 Å². The number of ether oxygens (including phenoxy) is 1. The van der Waals surface area contributed by atoms with Gasteiger partial charge in [0.2, 0.25) is 0 Å². The normalized spacial score (nSPS) is 12.2. The fourth-order valence-corrected chi connectivity index (χ4v) is 3.03. The smallest absolute Gasteiger partial charge is 0.191 e. The van der Waals surface area contributed by atoms with Crippen molar-refractivity contribution in [1.82, 2.24) is 15.6 Å². The zero-order valence-electron chi connectivity index (χ0n) is 15.3. The quantitative estimate of drug-likeness (QED) is 0.255. The third kappa shape index (κ3) is 8.31. The molecule has 0 spiro atoms. The fraction of sp³-hybridized carbons (Fsp3) is 0.444. The first-order chi connectivity index (χ1) is 12.1. The Morgan fingerprint density at radius 1 is 1.31 bits per heavy atom. The molecule has 0 radical (unpaired) electrons. The molecule has 0 saturated heterocycles. The molecule has 8 heteroatoms. The van der Waals surface area contributed by atoms with Crippen LogP contribution in [0, 0.1) is 12.7 Å². The Morgan fingerprint density at radius 3 is 2.65 bits per heavy atom. The second-order valence-electron chi connectivity index (χ2n) is 5.75. The van der Waals surface area contributed by atoms with Crippen LogP contribution >= 0.6 is 35.3 Å². The van der Waals surface area contributed by atoms with Crippen LogP contribution in [0.3, 0.4) is 0 Å². The summed E-state index contributed by atoms with van der Waals surface area (Å²) in [7, 11) is 1.74. The maximum absolute atomic E-state index is 12.9. The number of hydrogen-bond donors (Lipinski definition) is 2. The highest BCUT2D eigenvalue weighted by Gasteiger charge is 2.06. The van der Waals surface area contributed by atoms with Crippen molar-refractivity contribution in [2.45, 2.75) is 32.8 Å². The first kappa shape index (κ1) is 22.6. The first-order valence-electron chi connectivity index (χ1n) is 8.34. The number of nitrogens with one attached hydrogen (secondary N) is 2. The van der Waals surface area contributed by atoms with E-state index in [4.69, 9.17) is 4.74 Å². The van der Waals surface area contributed by atoms with Gasteiger partial charge >= 0.3 is 0 Å². The van der Waals surface area contributed by atoms with Crippen LogP contribution < -0.4 is 15.4 Å². The summed E-state index contributed by atoms with van der Waals surface area (Å²) in [6.45, 7) is 5.39. The zero-order valence-corrected chi connectivity index (χ0v) is 18.4. The molecule has 1 heterocycles. The zero-order chi connectivity index (χ0) is 18.1. The summed E-state index contributed by atoms with van der Waals surface area (Å²) >= 11 is 1.71. The summed E-state index contributed by atoms with van der Waals surface area (Å²) in [5.41, 5.74) is 1.08. The number of rotatable bonds is 8. The molecule has 0 saturated carbocycles. The van der Waals surface area contributed by atoms with Gasteiger partial charge in [0.05, 0.1) is 11.6 Å². The Kier molecular flexibility index (Phi) is 10.5. The maximum Gasteiger partial charge on any atom is 0.191 e. The van der Waals surface area contributed by atoms with E-state index in [1.54, 1.807) is 30.5 Å². The molecule has 0 aliphatic carbocycles. The molecule has 1 atom stereocenters. The van der Waals surface area contributed by atoms with Crippen LogP contribution in [0.2, 0.25) is 0 Å². The third-order valence-electron chi connectivity index (χ3n) is 3.46. The van der Waals surface area contributed by atoms with Crippen LogP contribution in [0.15, 0.2) is 34.6 Å². The van der Waals surface area contributed by atoms with E-state index in [-0.39, 0.29) is 35.9 Å². The summed E-state index contributed by atoms with van der Waals surface area (Å²) in [5, 5.41) is 9.76. The Morgan fingerprint density at radius 2 is 2.04 bits per heavy atom. The standard InChI is InChI=1S/C18H25FN4OS.HI/c1-13-12-25-17(23-13)5-4-10-21-18(20-3)22-11-14(2)24-16-8-6-15(19)7-9-16;/h6-9,12,14H,4-5,10-11H2,1-3H3,(H2,20,21,22);1H. The van der Waals surface area contributed by atoms with Crippen molar-refractivity contribution >= 4 is 41.3 Å². The summed E-state index contributed by atoms with van der Waals surface area (Å²) in [4.78, 5) is 8.66. The van der Waals surface area contributed by atoms with Crippen molar-refractivity contribution in [3.63, 3.8) is 0 Å². The molecule has 1 aromatic carbocycles. The fourth-order valence-electron chi connectivity index (χ4n) is 2.21. The number of guanidine groups is 1. The molecule has 26 heavy (non-hydrogen) atoms. The second-order valence-corrected chi connectivity index (χ2v) is 6.69. The highest BCUT2D eigenvalue weighted by Crippen LogP contribution is 2.12. The number of aromatic nitrogens is 1. The van der Waals surface area contributed by atoms with Crippen LogP contribution in [-0.4, -0.2) is 37.2 Å². The molecule has 2 aromatic rings. The summed E-state index contributed by atoms with van der Waals surface area (Å²) < 4.78 is 18.6. The third-order valence-corrected chi connectivity index (χ3v) is 4.48. The summed E-state index contributed by atoms with van der Waals surface area (Å²) in [6.07, 6.45) is 1.89. The Balaban J connectivity index is 0.00000338. The van der Waals surface area contributed by atoms with E-state index in [9.17, 15) is 4.39 Å². The van der Waals surface area contributed by atoms with E-state index in [1.807, 2.05) is 13.8 Å². The van der Waals surface area contributed by atoms with Crippen molar-refractivity contribution in [1.29, 1.82) is 0 Å². The molecule has 0 aliphatic rings. The molecule has 1 unspecified atom stereocenters. The minimum atomic E-state index is -0.268. The lowest BCUT2D eigenvalue weighted by Gasteiger charge is -2.17. The highest BCUT2D eigenvalue weighted by molar-refractivity contribution is 14.0. The maximum atomic E-state index is 12.9. The Labute approximate surface area is 175 Å². The Bertz CT molecular complexity index is 678. The van der Waals surface area contributed by atoms with Gasteiger partial charge in [0, 0.05) is 31.1 Å². The summed E-state index contributed by atoms with van der Waals surface area (Å²) in [5.74, 6) is 1.12. The lowest BCUT2D eigenvalue weighted by molar-refractivity contribution is 0.223. The molecule has 1 aromatic heterocycles. The van der Waals surface area contributed by atoms with Gasteiger partial charge in [-0.3, -0.25) is 4.99 Å². The van der Waals surface area contributed by atoms with Gasteiger partial charge < -0.3 is 15.4 Å². The van der Waals surface area contributed by atoms with Crippen molar-refractivity contribution in [2.75, 3.05) is 20.1 Å². The van der Waals surface area contributed by atoms with E-state index < -0.39 is 0 Å². The number of halogens is 2. The first-order valence-corrected chi connectivity index (χ1v) is 9.22. The lowest BCUT2D eigenvalue weighted by Crippen LogP contribution is -2.42. The number of benzene rings is 1. The summed E-state index contributed by atoms with van der Waals surface area (Å²) in [6, 6.07) is 6.03. The topological polar surface area (TPSA) is 58.5 Å². The van der Waals surface area contributed by atoms with E-state index in [0.29, 0.717) is 12.3 Å².